The lowest BCUT2D eigenvalue weighted by atomic mass is 10.0. The molecule has 188 valence electrons. The predicted molar refractivity (Wildman–Crippen MR) is 151 cm³/mol. The molecule has 4 aromatic rings. The summed E-state index contributed by atoms with van der Waals surface area (Å²) < 4.78 is 12.7. The van der Waals surface area contributed by atoms with E-state index in [1.54, 1.807) is 18.2 Å². The van der Waals surface area contributed by atoms with Crippen molar-refractivity contribution in [3.63, 3.8) is 0 Å². The first kappa shape index (κ1) is 26.6. The number of methoxy groups -OCH3 is 1. The van der Waals surface area contributed by atoms with Crippen molar-refractivity contribution in [2.45, 2.75) is 19.1 Å². The average molecular weight is 623 g/mol. The fraction of sp³-hybridized carbons (Fsp3) is 0.133. The standard InChI is InChI=1S/C30H25Br2NO4/c1-36-30(35)27(17-20-7-11-23(12-8-20)22-5-3-2-4-6-22)33-29(34)26-18-25(32)15-16-28(26)37-19-21-9-13-24(31)14-10-21/h2-16,18,27H,17,19H2,1H3,(H,33,34)/t27-/m0/s1. The molecular weight excluding hydrogens is 598 g/mol. The zero-order valence-corrected chi connectivity index (χ0v) is 23.3. The van der Waals surface area contributed by atoms with Crippen LogP contribution in [0.3, 0.4) is 0 Å². The molecule has 0 radical (unpaired) electrons. The second kappa shape index (κ2) is 12.7. The highest BCUT2D eigenvalue weighted by molar-refractivity contribution is 9.10. The van der Waals surface area contributed by atoms with Crippen LogP contribution in [0.2, 0.25) is 0 Å². The van der Waals surface area contributed by atoms with Gasteiger partial charge in [-0.2, -0.15) is 0 Å². The van der Waals surface area contributed by atoms with E-state index in [-0.39, 0.29) is 6.42 Å². The number of halogens is 2. The van der Waals surface area contributed by atoms with Gasteiger partial charge in [0.2, 0.25) is 0 Å². The van der Waals surface area contributed by atoms with Gasteiger partial charge in [-0.3, -0.25) is 4.79 Å². The number of hydrogen-bond donors (Lipinski definition) is 1. The van der Waals surface area contributed by atoms with Crippen molar-refractivity contribution < 1.29 is 19.1 Å². The molecule has 0 aliphatic rings. The van der Waals surface area contributed by atoms with Gasteiger partial charge in [-0.15, -0.1) is 0 Å². The SMILES string of the molecule is COC(=O)[C@H](Cc1ccc(-c2ccccc2)cc1)NC(=O)c1cc(Br)ccc1OCc1ccc(Br)cc1. The molecule has 1 N–H and O–H groups in total. The number of amides is 1. The molecule has 0 aromatic heterocycles. The minimum atomic E-state index is -0.863. The summed E-state index contributed by atoms with van der Waals surface area (Å²) in [5.74, 6) is -0.532. The molecular formula is C30H25Br2NO4. The molecule has 0 fully saturated rings. The number of benzene rings is 4. The lowest BCUT2D eigenvalue weighted by Crippen LogP contribution is -2.43. The minimum absolute atomic E-state index is 0.288. The Kier molecular flexibility index (Phi) is 9.14. The summed E-state index contributed by atoms with van der Waals surface area (Å²) in [6.45, 7) is 0.295. The van der Waals surface area contributed by atoms with Crippen LogP contribution in [0.1, 0.15) is 21.5 Å². The smallest absolute Gasteiger partial charge is 0.328 e. The van der Waals surface area contributed by atoms with Crippen LogP contribution in [0, 0.1) is 0 Å². The third kappa shape index (κ3) is 7.31. The van der Waals surface area contributed by atoms with E-state index in [1.807, 2.05) is 78.9 Å². The van der Waals surface area contributed by atoms with E-state index in [1.165, 1.54) is 7.11 Å². The fourth-order valence-electron chi connectivity index (χ4n) is 3.82. The Hall–Kier alpha value is -3.42. The Bertz CT molecular complexity index is 1360. The van der Waals surface area contributed by atoms with Crippen LogP contribution in [0.4, 0.5) is 0 Å². The van der Waals surface area contributed by atoms with Gasteiger partial charge < -0.3 is 14.8 Å². The van der Waals surface area contributed by atoms with Crippen LogP contribution in [0.25, 0.3) is 11.1 Å². The van der Waals surface area contributed by atoms with Crippen molar-refractivity contribution >= 4 is 43.7 Å². The zero-order chi connectivity index (χ0) is 26.2. The summed E-state index contributed by atoms with van der Waals surface area (Å²) in [7, 11) is 1.31. The van der Waals surface area contributed by atoms with Crippen molar-refractivity contribution in [2.24, 2.45) is 0 Å². The van der Waals surface area contributed by atoms with E-state index < -0.39 is 17.9 Å². The molecule has 0 unspecified atom stereocenters. The minimum Gasteiger partial charge on any atom is -0.488 e. The molecule has 0 heterocycles. The normalized spacial score (nSPS) is 11.4. The number of carbonyl (C=O) groups excluding carboxylic acids is 2. The monoisotopic (exact) mass is 621 g/mol. The predicted octanol–water partition coefficient (Wildman–Crippen LogP) is 6.97. The average Bonchev–Trinajstić information content (AvgIpc) is 2.93. The molecule has 5 nitrogen and oxygen atoms in total. The zero-order valence-electron chi connectivity index (χ0n) is 20.1. The highest BCUT2D eigenvalue weighted by atomic mass is 79.9. The van der Waals surface area contributed by atoms with Crippen molar-refractivity contribution in [2.75, 3.05) is 7.11 Å². The van der Waals surface area contributed by atoms with Gasteiger partial charge in [0, 0.05) is 15.4 Å². The van der Waals surface area contributed by atoms with Crippen molar-refractivity contribution in [3.8, 4) is 16.9 Å². The maximum atomic E-state index is 13.3. The first-order valence-corrected chi connectivity index (χ1v) is 13.2. The Balaban J connectivity index is 1.49. The van der Waals surface area contributed by atoms with Crippen LogP contribution in [0.15, 0.2) is 106 Å². The quantitative estimate of drug-likeness (QED) is 0.205. The van der Waals surface area contributed by atoms with Gasteiger partial charge in [-0.05, 0) is 52.6 Å². The maximum absolute atomic E-state index is 13.3. The Morgan fingerprint density at radius 2 is 1.41 bits per heavy atom. The summed E-state index contributed by atoms with van der Waals surface area (Å²) in [5, 5.41) is 2.83. The van der Waals surface area contributed by atoms with Crippen LogP contribution in [-0.2, 0) is 22.6 Å². The number of carbonyl (C=O) groups is 2. The van der Waals surface area contributed by atoms with Crippen LogP contribution in [0.5, 0.6) is 5.75 Å². The maximum Gasteiger partial charge on any atom is 0.328 e. The summed E-state index contributed by atoms with van der Waals surface area (Å²) in [6, 6.07) is 30.1. The van der Waals surface area contributed by atoms with E-state index in [0.29, 0.717) is 17.9 Å². The van der Waals surface area contributed by atoms with E-state index in [4.69, 9.17) is 9.47 Å². The van der Waals surface area contributed by atoms with Crippen molar-refractivity contribution in [3.05, 3.63) is 123 Å². The lowest BCUT2D eigenvalue weighted by Gasteiger charge is -2.18. The third-order valence-electron chi connectivity index (χ3n) is 5.79. The second-order valence-electron chi connectivity index (χ2n) is 8.37. The van der Waals surface area contributed by atoms with Gasteiger partial charge in [0.05, 0.1) is 12.7 Å². The Morgan fingerprint density at radius 3 is 2.08 bits per heavy atom. The molecule has 0 aliphatic carbocycles. The van der Waals surface area contributed by atoms with Gasteiger partial charge in [0.15, 0.2) is 0 Å². The molecule has 1 atom stereocenters. The van der Waals surface area contributed by atoms with Gasteiger partial charge in [-0.1, -0.05) is 98.6 Å². The Morgan fingerprint density at radius 1 is 0.784 bits per heavy atom. The molecule has 0 spiro atoms. The van der Waals surface area contributed by atoms with Crippen LogP contribution >= 0.6 is 31.9 Å². The van der Waals surface area contributed by atoms with Gasteiger partial charge >= 0.3 is 5.97 Å². The molecule has 0 saturated heterocycles. The fourth-order valence-corrected chi connectivity index (χ4v) is 4.44. The number of esters is 1. The summed E-state index contributed by atoms with van der Waals surface area (Å²) in [6.07, 6.45) is 0.288. The third-order valence-corrected chi connectivity index (χ3v) is 6.81. The number of nitrogens with one attached hydrogen (secondary N) is 1. The van der Waals surface area contributed by atoms with Crippen molar-refractivity contribution in [1.82, 2.24) is 5.32 Å². The van der Waals surface area contributed by atoms with E-state index in [2.05, 4.69) is 37.2 Å². The molecule has 0 saturated carbocycles. The molecule has 4 rings (SSSR count). The second-order valence-corrected chi connectivity index (χ2v) is 10.2. The highest BCUT2D eigenvalue weighted by Gasteiger charge is 2.24. The first-order valence-electron chi connectivity index (χ1n) is 11.6. The van der Waals surface area contributed by atoms with E-state index in [0.717, 1.165) is 31.2 Å². The highest BCUT2D eigenvalue weighted by Crippen LogP contribution is 2.25. The van der Waals surface area contributed by atoms with Gasteiger partial charge in [0.25, 0.3) is 5.91 Å². The molecule has 0 bridgehead atoms. The van der Waals surface area contributed by atoms with Gasteiger partial charge in [0.1, 0.15) is 18.4 Å². The number of hydrogen-bond acceptors (Lipinski definition) is 4. The summed E-state index contributed by atoms with van der Waals surface area (Å²) >= 11 is 6.85. The topological polar surface area (TPSA) is 64.6 Å². The molecule has 1 amide bonds. The van der Waals surface area contributed by atoms with Crippen molar-refractivity contribution in [1.29, 1.82) is 0 Å². The summed E-state index contributed by atoms with van der Waals surface area (Å²) in [5.41, 5.74) is 4.36. The molecule has 7 heteroatoms. The lowest BCUT2D eigenvalue weighted by molar-refractivity contribution is -0.142. The van der Waals surface area contributed by atoms with E-state index in [9.17, 15) is 9.59 Å². The van der Waals surface area contributed by atoms with Gasteiger partial charge in [-0.25, -0.2) is 4.79 Å². The first-order chi connectivity index (χ1) is 17.9. The number of rotatable bonds is 9. The molecule has 37 heavy (non-hydrogen) atoms. The molecule has 4 aromatic carbocycles. The Labute approximate surface area is 233 Å². The largest absolute Gasteiger partial charge is 0.488 e. The van der Waals surface area contributed by atoms with Crippen LogP contribution in [-0.4, -0.2) is 25.0 Å². The summed E-state index contributed by atoms with van der Waals surface area (Å²) in [4.78, 5) is 25.9. The number of ether oxygens (including phenoxy) is 2. The van der Waals surface area contributed by atoms with Crippen LogP contribution < -0.4 is 10.1 Å². The molecule has 0 aliphatic heterocycles. The van der Waals surface area contributed by atoms with E-state index >= 15 is 0 Å².